The molecule has 0 amide bonds. The molecular weight excluding hydrogens is 685 g/mol. The maximum Gasteiger partial charge on any atom is 0.306 e. The van der Waals surface area contributed by atoms with Gasteiger partial charge in [-0.25, -0.2) is 0 Å². The second-order valence-corrected chi connectivity index (χ2v) is 17.7. The third kappa shape index (κ3) is 43.4. The Balaban J connectivity index is 4.30. The van der Waals surface area contributed by atoms with Gasteiger partial charge >= 0.3 is 17.9 Å². The molecule has 0 saturated heterocycles. The Labute approximate surface area is 342 Å². The molecule has 0 aromatic heterocycles. The molecule has 0 heterocycles. The van der Waals surface area contributed by atoms with Crippen molar-refractivity contribution in [3.63, 3.8) is 0 Å². The van der Waals surface area contributed by atoms with Gasteiger partial charge < -0.3 is 14.2 Å². The van der Waals surface area contributed by atoms with E-state index in [0.29, 0.717) is 19.3 Å². The molecule has 0 fully saturated rings. The fourth-order valence-electron chi connectivity index (χ4n) is 7.28. The van der Waals surface area contributed by atoms with Gasteiger partial charge in [-0.3, -0.25) is 14.4 Å². The summed E-state index contributed by atoms with van der Waals surface area (Å²) < 4.78 is 16.7. The molecule has 0 aliphatic rings. The van der Waals surface area contributed by atoms with E-state index in [2.05, 4.69) is 34.6 Å². The third-order valence-corrected chi connectivity index (χ3v) is 11.0. The SMILES string of the molecule is CCCCCCCCCCCCCC(=O)OC[C@@H](COC(=O)CCCCCCCCCC(C)C)OC(=O)CCCCCCCCCCCCCCCC(C)C. The van der Waals surface area contributed by atoms with Crippen LogP contribution in [-0.2, 0) is 28.6 Å². The molecule has 326 valence electrons. The van der Waals surface area contributed by atoms with Crippen molar-refractivity contribution in [1.82, 2.24) is 0 Å². The molecule has 0 spiro atoms. The van der Waals surface area contributed by atoms with Crippen LogP contribution in [0, 0.1) is 11.8 Å². The summed E-state index contributed by atoms with van der Waals surface area (Å²) in [7, 11) is 0. The standard InChI is InChI=1S/C49H94O6/c1-6-7-8-9-10-11-15-19-24-29-34-39-47(50)53-42-46(43-54-48(51)40-35-30-26-21-23-28-33-38-45(4)5)55-49(52)41-36-31-25-20-17-14-12-13-16-18-22-27-32-37-44(2)3/h44-46H,6-43H2,1-5H3/t46-/m0/s1. The minimum absolute atomic E-state index is 0.0647. The summed E-state index contributed by atoms with van der Waals surface area (Å²) in [6.07, 6.45) is 40.9. The first-order valence-corrected chi connectivity index (χ1v) is 24.2. The van der Waals surface area contributed by atoms with Crippen LogP contribution in [0.15, 0.2) is 0 Å². The molecule has 6 nitrogen and oxygen atoms in total. The molecule has 0 rings (SSSR count). The molecular formula is C49H94O6. The van der Waals surface area contributed by atoms with Crippen molar-refractivity contribution in [3.05, 3.63) is 0 Å². The molecule has 0 N–H and O–H groups in total. The lowest BCUT2D eigenvalue weighted by Crippen LogP contribution is -2.30. The minimum Gasteiger partial charge on any atom is -0.462 e. The zero-order valence-corrected chi connectivity index (χ0v) is 37.6. The first-order chi connectivity index (χ1) is 26.7. The Morgan fingerprint density at radius 3 is 0.891 bits per heavy atom. The van der Waals surface area contributed by atoms with Crippen LogP contribution in [0.2, 0.25) is 0 Å². The van der Waals surface area contributed by atoms with E-state index in [1.807, 2.05) is 0 Å². The minimum atomic E-state index is -0.761. The first kappa shape index (κ1) is 53.4. The highest BCUT2D eigenvalue weighted by atomic mass is 16.6. The summed E-state index contributed by atoms with van der Waals surface area (Å²) in [5.74, 6) is 0.764. The molecule has 0 aliphatic heterocycles. The maximum atomic E-state index is 12.7. The van der Waals surface area contributed by atoms with Crippen LogP contribution in [0.3, 0.4) is 0 Å². The number of ether oxygens (including phenoxy) is 3. The summed E-state index contributed by atoms with van der Waals surface area (Å²) in [6, 6.07) is 0. The molecule has 0 aliphatic carbocycles. The van der Waals surface area contributed by atoms with Crippen LogP contribution in [0.1, 0.15) is 266 Å². The molecule has 0 radical (unpaired) electrons. The molecule has 0 unspecified atom stereocenters. The van der Waals surface area contributed by atoms with Crippen LogP contribution in [-0.4, -0.2) is 37.2 Å². The van der Waals surface area contributed by atoms with Gasteiger partial charge in [0, 0.05) is 19.3 Å². The van der Waals surface area contributed by atoms with Crippen molar-refractivity contribution in [2.24, 2.45) is 11.8 Å². The molecule has 6 heteroatoms. The molecule has 55 heavy (non-hydrogen) atoms. The smallest absolute Gasteiger partial charge is 0.306 e. The highest BCUT2D eigenvalue weighted by Crippen LogP contribution is 2.17. The molecule has 0 saturated carbocycles. The van der Waals surface area contributed by atoms with Crippen LogP contribution in [0.25, 0.3) is 0 Å². The number of rotatable bonds is 43. The zero-order valence-electron chi connectivity index (χ0n) is 37.6. The number of esters is 3. The zero-order chi connectivity index (χ0) is 40.5. The lowest BCUT2D eigenvalue weighted by molar-refractivity contribution is -0.167. The van der Waals surface area contributed by atoms with Crippen molar-refractivity contribution in [1.29, 1.82) is 0 Å². The fraction of sp³-hybridized carbons (Fsp3) is 0.939. The lowest BCUT2D eigenvalue weighted by Gasteiger charge is -2.18. The second-order valence-electron chi connectivity index (χ2n) is 17.7. The lowest BCUT2D eigenvalue weighted by atomic mass is 10.0. The Kier molecular flexibility index (Phi) is 40.8. The van der Waals surface area contributed by atoms with E-state index in [-0.39, 0.29) is 31.1 Å². The molecule has 1 atom stereocenters. The van der Waals surface area contributed by atoms with Crippen LogP contribution >= 0.6 is 0 Å². The van der Waals surface area contributed by atoms with Gasteiger partial charge in [-0.05, 0) is 31.1 Å². The Hall–Kier alpha value is -1.59. The van der Waals surface area contributed by atoms with Crippen LogP contribution < -0.4 is 0 Å². The summed E-state index contributed by atoms with van der Waals surface area (Å²) in [5, 5.41) is 0. The Bertz CT molecular complexity index is 839. The van der Waals surface area contributed by atoms with Gasteiger partial charge in [0.2, 0.25) is 0 Å². The Morgan fingerprint density at radius 1 is 0.345 bits per heavy atom. The van der Waals surface area contributed by atoms with Crippen molar-refractivity contribution in [3.8, 4) is 0 Å². The van der Waals surface area contributed by atoms with Crippen molar-refractivity contribution < 1.29 is 28.6 Å². The summed E-state index contributed by atoms with van der Waals surface area (Å²) in [5.41, 5.74) is 0. The van der Waals surface area contributed by atoms with Crippen LogP contribution in [0.4, 0.5) is 0 Å². The molecule has 0 aromatic rings. The van der Waals surface area contributed by atoms with E-state index >= 15 is 0 Å². The highest BCUT2D eigenvalue weighted by molar-refractivity contribution is 5.71. The maximum absolute atomic E-state index is 12.7. The number of hydrogen-bond donors (Lipinski definition) is 0. The van der Waals surface area contributed by atoms with Gasteiger partial charge in [0.15, 0.2) is 6.10 Å². The second kappa shape index (κ2) is 42.0. The molecule has 0 aromatic carbocycles. The first-order valence-electron chi connectivity index (χ1n) is 24.2. The van der Waals surface area contributed by atoms with Gasteiger partial charge in [0.05, 0.1) is 0 Å². The highest BCUT2D eigenvalue weighted by Gasteiger charge is 2.19. The Morgan fingerprint density at radius 2 is 0.600 bits per heavy atom. The number of carbonyl (C=O) groups excluding carboxylic acids is 3. The van der Waals surface area contributed by atoms with E-state index in [4.69, 9.17) is 14.2 Å². The van der Waals surface area contributed by atoms with Gasteiger partial charge in [-0.15, -0.1) is 0 Å². The van der Waals surface area contributed by atoms with E-state index < -0.39 is 6.10 Å². The fourth-order valence-corrected chi connectivity index (χ4v) is 7.28. The summed E-state index contributed by atoms with van der Waals surface area (Å²) >= 11 is 0. The average Bonchev–Trinajstić information content (AvgIpc) is 3.15. The van der Waals surface area contributed by atoms with E-state index in [9.17, 15) is 14.4 Å². The molecule has 0 bridgehead atoms. The summed E-state index contributed by atoms with van der Waals surface area (Å²) in [4.78, 5) is 37.8. The number of unbranched alkanes of at least 4 members (excludes halogenated alkanes) is 28. The van der Waals surface area contributed by atoms with E-state index in [0.717, 1.165) is 69.6 Å². The van der Waals surface area contributed by atoms with Gasteiger partial charge in [-0.1, -0.05) is 227 Å². The predicted molar refractivity (Wildman–Crippen MR) is 233 cm³/mol. The normalized spacial score (nSPS) is 12.1. The van der Waals surface area contributed by atoms with Crippen LogP contribution in [0.5, 0.6) is 0 Å². The topological polar surface area (TPSA) is 78.9 Å². The quantitative estimate of drug-likeness (QED) is 0.0348. The van der Waals surface area contributed by atoms with E-state index in [1.165, 1.54) is 154 Å². The average molecular weight is 779 g/mol. The van der Waals surface area contributed by atoms with Gasteiger partial charge in [-0.2, -0.15) is 0 Å². The van der Waals surface area contributed by atoms with E-state index in [1.54, 1.807) is 0 Å². The van der Waals surface area contributed by atoms with Crippen molar-refractivity contribution in [2.75, 3.05) is 13.2 Å². The third-order valence-electron chi connectivity index (χ3n) is 11.0. The van der Waals surface area contributed by atoms with Crippen molar-refractivity contribution >= 4 is 17.9 Å². The summed E-state index contributed by atoms with van der Waals surface area (Å²) in [6.45, 7) is 11.3. The number of hydrogen-bond acceptors (Lipinski definition) is 6. The van der Waals surface area contributed by atoms with Crippen molar-refractivity contribution in [2.45, 2.75) is 272 Å². The predicted octanol–water partition coefficient (Wildman–Crippen LogP) is 15.4. The largest absolute Gasteiger partial charge is 0.462 e. The van der Waals surface area contributed by atoms with Gasteiger partial charge in [0.1, 0.15) is 13.2 Å². The monoisotopic (exact) mass is 779 g/mol. The number of carbonyl (C=O) groups is 3. The van der Waals surface area contributed by atoms with Gasteiger partial charge in [0.25, 0.3) is 0 Å².